The maximum atomic E-state index is 12.4. The monoisotopic (exact) mass is 292 g/mol. The molecule has 0 spiro atoms. The van der Waals surface area contributed by atoms with Crippen LogP contribution < -0.4 is 0 Å². The van der Waals surface area contributed by atoms with E-state index in [2.05, 4.69) is 0 Å². The second kappa shape index (κ2) is 4.77. The third-order valence-electron chi connectivity index (χ3n) is 4.27. The van der Waals surface area contributed by atoms with Crippen molar-refractivity contribution in [2.24, 2.45) is 0 Å². The molecule has 2 atom stereocenters. The standard InChI is InChI=1S/C15H17ClN2O2/c1-11(16)14(20)18-10-9-17-13(19)7-8-15(17,18)12-5-3-2-4-6-12/h2-6,11H,7-10H2,1H3. The molecule has 2 heterocycles. The molecule has 1 aromatic rings. The zero-order chi connectivity index (χ0) is 14.3. The minimum Gasteiger partial charge on any atom is -0.314 e. The summed E-state index contributed by atoms with van der Waals surface area (Å²) in [6, 6.07) is 9.78. The van der Waals surface area contributed by atoms with Gasteiger partial charge in [0.05, 0.1) is 0 Å². The molecule has 5 heteroatoms. The van der Waals surface area contributed by atoms with Gasteiger partial charge in [0, 0.05) is 25.9 Å². The van der Waals surface area contributed by atoms with Gasteiger partial charge in [0.2, 0.25) is 11.8 Å². The first-order chi connectivity index (χ1) is 9.57. The minimum atomic E-state index is -0.626. The van der Waals surface area contributed by atoms with Crippen LogP contribution in [0.3, 0.4) is 0 Å². The molecule has 2 fully saturated rings. The summed E-state index contributed by atoms with van der Waals surface area (Å²) < 4.78 is 0. The molecule has 2 saturated heterocycles. The Morgan fingerprint density at radius 3 is 2.65 bits per heavy atom. The van der Waals surface area contributed by atoms with Crippen LogP contribution in [0.25, 0.3) is 0 Å². The van der Waals surface area contributed by atoms with E-state index in [1.165, 1.54) is 0 Å². The number of hydrogen-bond acceptors (Lipinski definition) is 2. The van der Waals surface area contributed by atoms with Gasteiger partial charge in [-0.25, -0.2) is 0 Å². The van der Waals surface area contributed by atoms with Crippen LogP contribution >= 0.6 is 11.6 Å². The Balaban J connectivity index is 2.09. The number of amides is 2. The molecule has 0 aromatic heterocycles. The molecular weight excluding hydrogens is 276 g/mol. The normalized spacial score (nSPS) is 26.8. The highest BCUT2D eigenvalue weighted by molar-refractivity contribution is 6.30. The number of halogens is 1. The van der Waals surface area contributed by atoms with Crippen LogP contribution in [-0.2, 0) is 15.3 Å². The molecule has 2 amide bonds. The molecule has 20 heavy (non-hydrogen) atoms. The molecule has 1 aromatic carbocycles. The van der Waals surface area contributed by atoms with Crippen molar-refractivity contribution in [2.45, 2.75) is 30.8 Å². The van der Waals surface area contributed by atoms with E-state index in [1.54, 1.807) is 11.8 Å². The van der Waals surface area contributed by atoms with E-state index in [1.807, 2.05) is 35.2 Å². The van der Waals surface area contributed by atoms with E-state index in [4.69, 9.17) is 11.6 Å². The first kappa shape index (κ1) is 13.4. The van der Waals surface area contributed by atoms with Crippen LogP contribution in [0.2, 0.25) is 0 Å². The molecule has 0 N–H and O–H groups in total. The predicted molar refractivity (Wildman–Crippen MR) is 76.1 cm³/mol. The van der Waals surface area contributed by atoms with Gasteiger partial charge in [-0.05, 0) is 12.5 Å². The van der Waals surface area contributed by atoms with E-state index in [9.17, 15) is 9.59 Å². The largest absolute Gasteiger partial charge is 0.314 e. The summed E-state index contributed by atoms with van der Waals surface area (Å²) in [5, 5.41) is -0.578. The summed E-state index contributed by atoms with van der Waals surface area (Å²) in [6.45, 7) is 2.82. The van der Waals surface area contributed by atoms with Gasteiger partial charge in [-0.1, -0.05) is 30.3 Å². The fourth-order valence-electron chi connectivity index (χ4n) is 3.40. The lowest BCUT2D eigenvalue weighted by molar-refractivity contribution is -0.141. The molecule has 3 rings (SSSR count). The van der Waals surface area contributed by atoms with Crippen LogP contribution in [0.4, 0.5) is 0 Å². The molecule has 2 aliphatic heterocycles. The van der Waals surface area contributed by atoms with Crippen molar-refractivity contribution in [1.82, 2.24) is 9.80 Å². The van der Waals surface area contributed by atoms with Crippen molar-refractivity contribution in [3.05, 3.63) is 35.9 Å². The second-order valence-corrected chi connectivity index (χ2v) is 5.99. The number of carbonyl (C=O) groups excluding carboxylic acids is 2. The van der Waals surface area contributed by atoms with Gasteiger partial charge in [0.25, 0.3) is 0 Å². The van der Waals surface area contributed by atoms with E-state index >= 15 is 0 Å². The number of nitrogens with zero attached hydrogens (tertiary/aromatic N) is 2. The van der Waals surface area contributed by atoms with Crippen LogP contribution in [0.15, 0.2) is 30.3 Å². The summed E-state index contributed by atoms with van der Waals surface area (Å²) in [5.41, 5.74) is 0.368. The molecule has 0 radical (unpaired) electrons. The summed E-state index contributed by atoms with van der Waals surface area (Å²) in [4.78, 5) is 28.2. The van der Waals surface area contributed by atoms with E-state index in [-0.39, 0.29) is 11.8 Å². The number of carbonyl (C=O) groups is 2. The van der Waals surface area contributed by atoms with Gasteiger partial charge in [-0.15, -0.1) is 11.6 Å². The fourth-order valence-corrected chi connectivity index (χ4v) is 3.52. The number of alkyl halides is 1. The lowest BCUT2D eigenvalue weighted by Gasteiger charge is -2.40. The molecule has 106 valence electrons. The molecule has 0 aliphatic carbocycles. The summed E-state index contributed by atoms with van der Waals surface area (Å²) >= 11 is 5.99. The SMILES string of the molecule is CC(Cl)C(=O)N1CCN2C(=O)CCC21c1ccccc1. The third-order valence-corrected chi connectivity index (χ3v) is 4.46. The maximum absolute atomic E-state index is 12.4. The Bertz CT molecular complexity index is 546. The predicted octanol–water partition coefficient (Wildman–Crippen LogP) is 1.93. The number of hydrogen-bond donors (Lipinski definition) is 0. The highest BCUT2D eigenvalue weighted by Crippen LogP contribution is 2.46. The molecule has 2 unspecified atom stereocenters. The van der Waals surface area contributed by atoms with Gasteiger partial charge in [-0.2, -0.15) is 0 Å². The van der Waals surface area contributed by atoms with Crippen LogP contribution in [-0.4, -0.2) is 40.1 Å². The molecule has 4 nitrogen and oxygen atoms in total. The Morgan fingerprint density at radius 1 is 1.30 bits per heavy atom. The van der Waals surface area contributed by atoms with Crippen molar-refractivity contribution in [1.29, 1.82) is 0 Å². The van der Waals surface area contributed by atoms with Crippen LogP contribution in [0.5, 0.6) is 0 Å². The Kier molecular flexibility index (Phi) is 3.21. The lowest BCUT2D eigenvalue weighted by atomic mass is 9.95. The Morgan fingerprint density at radius 2 is 2.00 bits per heavy atom. The summed E-state index contributed by atoms with van der Waals surface area (Å²) in [6.07, 6.45) is 1.13. The minimum absolute atomic E-state index is 0.104. The van der Waals surface area contributed by atoms with Crippen molar-refractivity contribution in [3.8, 4) is 0 Å². The van der Waals surface area contributed by atoms with E-state index in [0.717, 1.165) is 5.56 Å². The van der Waals surface area contributed by atoms with Gasteiger partial charge in [0.15, 0.2) is 0 Å². The van der Waals surface area contributed by atoms with Gasteiger partial charge >= 0.3 is 0 Å². The second-order valence-electron chi connectivity index (χ2n) is 5.33. The van der Waals surface area contributed by atoms with Crippen molar-refractivity contribution in [2.75, 3.05) is 13.1 Å². The molecule has 0 saturated carbocycles. The number of fused-ring (bicyclic) bond motifs is 1. The molecular formula is C15H17ClN2O2. The average molecular weight is 293 g/mol. The van der Waals surface area contributed by atoms with Crippen molar-refractivity contribution < 1.29 is 9.59 Å². The number of benzene rings is 1. The zero-order valence-electron chi connectivity index (χ0n) is 11.4. The lowest BCUT2D eigenvalue weighted by Crippen LogP contribution is -2.51. The first-order valence-electron chi connectivity index (χ1n) is 6.89. The zero-order valence-corrected chi connectivity index (χ0v) is 12.1. The smallest absolute Gasteiger partial charge is 0.242 e. The summed E-state index contributed by atoms with van der Waals surface area (Å²) in [7, 11) is 0. The quantitative estimate of drug-likeness (QED) is 0.782. The Hall–Kier alpha value is -1.55. The fraction of sp³-hybridized carbons (Fsp3) is 0.467. The van der Waals surface area contributed by atoms with E-state index < -0.39 is 11.0 Å². The molecule has 2 aliphatic rings. The van der Waals surface area contributed by atoms with Crippen LogP contribution in [0, 0.1) is 0 Å². The average Bonchev–Trinajstić information content (AvgIpc) is 2.99. The highest BCUT2D eigenvalue weighted by Gasteiger charge is 2.56. The number of rotatable bonds is 2. The van der Waals surface area contributed by atoms with Crippen molar-refractivity contribution in [3.63, 3.8) is 0 Å². The molecule has 0 bridgehead atoms. The van der Waals surface area contributed by atoms with Gasteiger partial charge < -0.3 is 9.80 Å². The van der Waals surface area contributed by atoms with E-state index in [0.29, 0.717) is 25.9 Å². The van der Waals surface area contributed by atoms with Crippen molar-refractivity contribution >= 4 is 23.4 Å². The van der Waals surface area contributed by atoms with Crippen LogP contribution in [0.1, 0.15) is 25.3 Å². The highest BCUT2D eigenvalue weighted by atomic mass is 35.5. The third kappa shape index (κ3) is 1.74. The van der Waals surface area contributed by atoms with Gasteiger partial charge in [0.1, 0.15) is 11.0 Å². The first-order valence-corrected chi connectivity index (χ1v) is 7.32. The topological polar surface area (TPSA) is 40.6 Å². The Labute approximate surface area is 123 Å². The van der Waals surface area contributed by atoms with Gasteiger partial charge in [-0.3, -0.25) is 9.59 Å². The maximum Gasteiger partial charge on any atom is 0.242 e. The summed E-state index contributed by atoms with van der Waals surface area (Å²) in [5.74, 6) is 0.0131.